The maximum Gasteiger partial charge on any atom is 0.336 e. The second kappa shape index (κ2) is 16.2. The highest BCUT2D eigenvalue weighted by atomic mass is 16.5. The molecule has 0 spiro atoms. The molecule has 1 aromatic rings. The Morgan fingerprint density at radius 2 is 1.12 bits per heavy atom. The molecule has 174 valence electrons. The molecule has 0 unspecified atom stereocenters. The van der Waals surface area contributed by atoms with Crippen LogP contribution in [0, 0.1) is 11.5 Å². The van der Waals surface area contributed by atoms with Crippen LogP contribution in [0.3, 0.4) is 0 Å². The van der Waals surface area contributed by atoms with Crippen molar-refractivity contribution < 1.29 is 14.3 Å². The summed E-state index contributed by atoms with van der Waals surface area (Å²) in [5.74, 6) is 0. The number of isocyanates is 2. The van der Waals surface area contributed by atoms with Crippen LogP contribution in [0.1, 0.15) is 51.4 Å². The Kier molecular flexibility index (Phi) is 13.4. The summed E-state index contributed by atoms with van der Waals surface area (Å²) < 4.78 is 7.60. The minimum atomic E-state index is -0.725. The van der Waals surface area contributed by atoms with E-state index in [0.29, 0.717) is 38.8 Å². The predicted octanol–water partition coefficient (Wildman–Crippen LogP) is 0.462. The van der Waals surface area contributed by atoms with Crippen LogP contribution in [0.25, 0.3) is 0 Å². The largest absolute Gasteiger partial charge is 0.428 e. The average Bonchev–Trinajstić information content (AvgIpc) is 2.78. The van der Waals surface area contributed by atoms with E-state index in [1.165, 1.54) is 12.2 Å². The molecule has 0 aliphatic carbocycles. The van der Waals surface area contributed by atoms with Crippen molar-refractivity contribution in [1.29, 1.82) is 5.26 Å². The number of hydrogen-bond donors (Lipinski definition) is 0. The van der Waals surface area contributed by atoms with Crippen molar-refractivity contribution in [3.8, 4) is 6.26 Å². The highest BCUT2D eigenvalue weighted by molar-refractivity contribution is 5.32. The van der Waals surface area contributed by atoms with Crippen LogP contribution in [0.5, 0.6) is 0 Å². The van der Waals surface area contributed by atoms with Crippen LogP contribution in [-0.2, 0) is 34.0 Å². The molecule has 0 saturated carbocycles. The highest BCUT2D eigenvalue weighted by Crippen LogP contribution is 2.02. The molecular formula is C20H28N6O6. The smallest absolute Gasteiger partial charge is 0.336 e. The molecule has 0 N–H and O–H groups in total. The number of aliphatic imine (C=N–C) groups is 2. The molecule has 0 fully saturated rings. The molecule has 1 rings (SSSR count). The Hall–Kier alpha value is -3.54. The first-order chi connectivity index (χ1) is 15.6. The van der Waals surface area contributed by atoms with E-state index >= 15 is 0 Å². The van der Waals surface area contributed by atoms with E-state index in [-0.39, 0.29) is 26.2 Å². The van der Waals surface area contributed by atoms with Crippen molar-refractivity contribution in [2.75, 3.05) is 19.7 Å². The van der Waals surface area contributed by atoms with Gasteiger partial charge in [-0.1, -0.05) is 19.3 Å². The van der Waals surface area contributed by atoms with Gasteiger partial charge in [0.2, 0.25) is 12.2 Å². The third-order valence-electron chi connectivity index (χ3n) is 4.79. The van der Waals surface area contributed by atoms with Gasteiger partial charge in [0, 0.05) is 13.1 Å². The standard InChI is InChI=1S/C20H28N6O6/c21-15-32-14-8-4-3-7-12-25-18(29)24(11-6-2-1-5-9-22-16-27)19(30)26(20(25)31)13-10-23-17-28/h1-14H2. The van der Waals surface area contributed by atoms with Gasteiger partial charge in [-0.15, -0.1) is 0 Å². The van der Waals surface area contributed by atoms with Crippen LogP contribution in [-0.4, -0.2) is 45.6 Å². The minimum absolute atomic E-state index is 0.0903. The summed E-state index contributed by atoms with van der Waals surface area (Å²) in [4.78, 5) is 65.5. The molecule has 32 heavy (non-hydrogen) atoms. The number of unbranched alkanes of at least 4 members (excludes halogenated alkanes) is 6. The number of carbonyl (C=O) groups excluding carboxylic acids is 2. The number of ether oxygens (including phenoxy) is 1. The lowest BCUT2D eigenvalue weighted by atomic mass is 10.2. The van der Waals surface area contributed by atoms with E-state index in [1.54, 1.807) is 6.26 Å². The zero-order chi connectivity index (χ0) is 23.6. The van der Waals surface area contributed by atoms with Gasteiger partial charge in [0.05, 0.1) is 19.6 Å². The maximum absolute atomic E-state index is 12.8. The molecule has 0 aromatic carbocycles. The molecule has 0 atom stereocenters. The molecule has 12 heteroatoms. The number of nitrogens with zero attached hydrogens (tertiary/aromatic N) is 6. The Morgan fingerprint density at radius 1 is 0.656 bits per heavy atom. The van der Waals surface area contributed by atoms with E-state index in [9.17, 15) is 24.0 Å². The van der Waals surface area contributed by atoms with Gasteiger partial charge in [0.1, 0.15) is 6.61 Å². The van der Waals surface area contributed by atoms with E-state index in [0.717, 1.165) is 39.4 Å². The van der Waals surface area contributed by atoms with Gasteiger partial charge < -0.3 is 4.74 Å². The van der Waals surface area contributed by atoms with Crippen LogP contribution in [0.15, 0.2) is 24.4 Å². The van der Waals surface area contributed by atoms with Gasteiger partial charge in [0.15, 0.2) is 0 Å². The second-order valence-electron chi connectivity index (χ2n) is 7.02. The number of nitriles is 1. The van der Waals surface area contributed by atoms with Gasteiger partial charge in [-0.3, -0.25) is 0 Å². The van der Waals surface area contributed by atoms with E-state index in [4.69, 9.17) is 5.26 Å². The monoisotopic (exact) mass is 448 g/mol. The Labute approximate surface area is 184 Å². The van der Waals surface area contributed by atoms with E-state index in [2.05, 4.69) is 14.7 Å². The van der Waals surface area contributed by atoms with Crippen molar-refractivity contribution in [2.24, 2.45) is 9.98 Å². The third kappa shape index (κ3) is 9.08. The molecule has 0 aliphatic rings. The normalized spacial score (nSPS) is 10.1. The Morgan fingerprint density at radius 3 is 1.66 bits per heavy atom. The SMILES string of the molecule is N#COCCCCCCn1c(=O)n(CCCCCCN=C=O)c(=O)n(CCN=C=O)c1=O. The van der Waals surface area contributed by atoms with Gasteiger partial charge >= 0.3 is 17.1 Å². The van der Waals surface area contributed by atoms with Crippen molar-refractivity contribution in [3.63, 3.8) is 0 Å². The molecule has 1 heterocycles. The number of hydrogen-bond acceptors (Lipinski definition) is 9. The first-order valence-electron chi connectivity index (χ1n) is 10.6. The molecule has 0 radical (unpaired) electrons. The van der Waals surface area contributed by atoms with Crippen molar-refractivity contribution >= 4 is 12.2 Å². The molecule has 0 amide bonds. The summed E-state index contributed by atoms with van der Waals surface area (Å²) in [6.07, 6.45) is 9.91. The second-order valence-corrected chi connectivity index (χ2v) is 7.02. The fourth-order valence-corrected chi connectivity index (χ4v) is 3.16. The minimum Gasteiger partial charge on any atom is -0.428 e. The maximum atomic E-state index is 12.8. The fourth-order valence-electron chi connectivity index (χ4n) is 3.16. The van der Waals surface area contributed by atoms with Crippen LogP contribution in [0.2, 0.25) is 0 Å². The first-order valence-corrected chi connectivity index (χ1v) is 10.6. The predicted molar refractivity (Wildman–Crippen MR) is 114 cm³/mol. The first kappa shape index (κ1) is 26.5. The third-order valence-corrected chi connectivity index (χ3v) is 4.79. The van der Waals surface area contributed by atoms with Crippen LogP contribution in [0.4, 0.5) is 0 Å². The zero-order valence-electron chi connectivity index (χ0n) is 18.0. The lowest BCUT2D eigenvalue weighted by Gasteiger charge is -2.13. The number of aromatic nitrogens is 3. The molecule has 0 aliphatic heterocycles. The summed E-state index contributed by atoms with van der Waals surface area (Å²) >= 11 is 0. The lowest BCUT2D eigenvalue weighted by Crippen LogP contribution is -2.54. The average molecular weight is 448 g/mol. The highest BCUT2D eigenvalue weighted by Gasteiger charge is 2.15. The summed E-state index contributed by atoms with van der Waals surface area (Å²) in [6.45, 7) is 0.804. The Bertz CT molecular complexity index is 1020. The fraction of sp³-hybridized carbons (Fsp3) is 0.700. The molecular weight excluding hydrogens is 420 g/mol. The zero-order valence-corrected chi connectivity index (χ0v) is 18.0. The summed E-state index contributed by atoms with van der Waals surface area (Å²) in [5, 5.41) is 8.34. The molecule has 0 saturated heterocycles. The van der Waals surface area contributed by atoms with E-state index < -0.39 is 17.1 Å². The molecule has 1 aromatic heterocycles. The quantitative estimate of drug-likeness (QED) is 0.145. The molecule has 0 bridgehead atoms. The summed E-state index contributed by atoms with van der Waals surface area (Å²) in [6, 6.07) is 0. The van der Waals surface area contributed by atoms with Crippen molar-refractivity contribution in [1.82, 2.24) is 13.7 Å². The van der Waals surface area contributed by atoms with E-state index in [1.807, 2.05) is 0 Å². The van der Waals surface area contributed by atoms with Gasteiger partial charge in [-0.2, -0.15) is 5.26 Å². The number of rotatable bonds is 17. The van der Waals surface area contributed by atoms with Crippen LogP contribution >= 0.6 is 0 Å². The van der Waals surface area contributed by atoms with Gasteiger partial charge in [-0.05, 0) is 32.1 Å². The summed E-state index contributed by atoms with van der Waals surface area (Å²) in [7, 11) is 0. The van der Waals surface area contributed by atoms with Gasteiger partial charge in [0.25, 0.3) is 6.26 Å². The molecule has 12 nitrogen and oxygen atoms in total. The topological polar surface area (TPSA) is 158 Å². The van der Waals surface area contributed by atoms with Crippen LogP contribution < -0.4 is 17.1 Å². The lowest BCUT2D eigenvalue weighted by molar-refractivity contribution is 0.259. The Balaban J connectivity index is 2.91. The summed E-state index contributed by atoms with van der Waals surface area (Å²) in [5.41, 5.74) is -2.11. The van der Waals surface area contributed by atoms with Crippen molar-refractivity contribution in [3.05, 3.63) is 31.5 Å². The van der Waals surface area contributed by atoms with Crippen molar-refractivity contribution in [2.45, 2.75) is 71.0 Å². The van der Waals surface area contributed by atoms with Gasteiger partial charge in [-0.25, -0.2) is 47.7 Å².